The van der Waals surface area contributed by atoms with Crippen LogP contribution in [-0.4, -0.2) is 13.3 Å². The summed E-state index contributed by atoms with van der Waals surface area (Å²) >= 11 is 0. The van der Waals surface area contributed by atoms with Crippen LogP contribution in [0.25, 0.3) is 0 Å². The molecule has 0 amide bonds. The topological polar surface area (TPSA) is 21.6 Å². The van der Waals surface area contributed by atoms with E-state index in [0.29, 0.717) is 0 Å². The summed E-state index contributed by atoms with van der Waals surface area (Å²) in [4.78, 5) is 4.58. The minimum atomic E-state index is 0. The Morgan fingerprint density at radius 3 is 2.13 bits per heavy atom. The van der Waals surface area contributed by atoms with E-state index in [9.17, 15) is 0 Å². The maximum atomic E-state index is 4.58. The molecule has 0 aliphatic heterocycles. The van der Waals surface area contributed by atoms with Gasteiger partial charge in [0.05, 0.1) is 0 Å². The minimum Gasteiger partial charge on any atom is -0.412 e. The number of hydrogen-bond donors (Lipinski definition) is 0. The Hall–Kier alpha value is -0.206. The number of hydrogen-bond acceptors (Lipinski definition) is 2. The van der Waals surface area contributed by atoms with Crippen molar-refractivity contribution >= 4 is 6.21 Å². The third kappa shape index (κ3) is 4.90. The minimum absolute atomic E-state index is 0. The predicted molar refractivity (Wildman–Crippen MR) is 60.6 cm³/mol. The molecule has 0 fully saturated rings. The van der Waals surface area contributed by atoms with E-state index in [-0.39, 0.29) is 40.1 Å². The van der Waals surface area contributed by atoms with Crippen LogP contribution in [0.3, 0.4) is 0 Å². The first kappa shape index (κ1) is 17.2. The van der Waals surface area contributed by atoms with Gasteiger partial charge >= 0.3 is 0 Å². The van der Waals surface area contributed by atoms with Gasteiger partial charge in [0.25, 0.3) is 0 Å². The summed E-state index contributed by atoms with van der Waals surface area (Å²) < 4.78 is 0. The van der Waals surface area contributed by atoms with Crippen molar-refractivity contribution < 1.29 is 37.5 Å². The van der Waals surface area contributed by atoms with Crippen molar-refractivity contribution in [3.63, 3.8) is 0 Å². The zero-order chi connectivity index (χ0) is 9.84. The second-order valence-corrected chi connectivity index (χ2v) is 3.14. The Labute approximate surface area is 118 Å². The second-order valence-electron chi connectivity index (χ2n) is 3.14. The molecular formula is C12H17NOY-2. The Morgan fingerprint density at radius 2 is 1.60 bits per heavy atom. The van der Waals surface area contributed by atoms with Crippen molar-refractivity contribution in [1.29, 1.82) is 0 Å². The first-order valence-electron chi connectivity index (χ1n) is 4.22. The molecular weight excluding hydrogens is 263 g/mol. The molecule has 0 atom stereocenters. The van der Waals surface area contributed by atoms with E-state index < -0.39 is 0 Å². The molecule has 0 aliphatic rings. The number of benzene rings is 1. The summed E-state index contributed by atoms with van der Waals surface area (Å²) in [6.07, 6.45) is 2.83. The molecule has 3 heteroatoms. The van der Waals surface area contributed by atoms with Crippen LogP contribution in [-0.2, 0) is 37.5 Å². The molecule has 1 aromatic carbocycles. The molecule has 0 spiro atoms. The molecule has 0 aliphatic carbocycles. The largest absolute Gasteiger partial charge is 0.412 e. The van der Waals surface area contributed by atoms with Gasteiger partial charge < -0.3 is 12.3 Å². The van der Waals surface area contributed by atoms with Crippen molar-refractivity contribution in [2.75, 3.05) is 7.11 Å². The van der Waals surface area contributed by atoms with E-state index in [1.807, 2.05) is 6.92 Å². The van der Waals surface area contributed by atoms with Gasteiger partial charge in [0, 0.05) is 32.7 Å². The summed E-state index contributed by atoms with van der Waals surface area (Å²) in [5, 5.41) is 3.62. The molecule has 15 heavy (non-hydrogen) atoms. The van der Waals surface area contributed by atoms with Crippen molar-refractivity contribution in [3.8, 4) is 0 Å². The molecule has 0 aromatic heterocycles. The van der Waals surface area contributed by atoms with Gasteiger partial charge in [-0.05, 0) is 13.1 Å². The maximum Gasteiger partial charge on any atom is 0.105 e. The first-order valence-corrected chi connectivity index (χ1v) is 4.22. The fraction of sp³-hybridized carbons (Fsp3) is 0.333. The van der Waals surface area contributed by atoms with E-state index in [4.69, 9.17) is 0 Å². The van der Waals surface area contributed by atoms with Crippen LogP contribution in [0.4, 0.5) is 0 Å². The van der Waals surface area contributed by atoms with Crippen LogP contribution in [0.15, 0.2) is 17.3 Å². The van der Waals surface area contributed by atoms with Gasteiger partial charge in [0.15, 0.2) is 0 Å². The molecule has 0 N–H and O–H groups in total. The van der Waals surface area contributed by atoms with Crippen LogP contribution in [0.1, 0.15) is 22.3 Å². The first-order chi connectivity index (χ1) is 6.15. The van der Waals surface area contributed by atoms with Crippen molar-refractivity contribution in [2.24, 2.45) is 5.16 Å². The molecule has 1 radical (unpaired) electrons. The number of rotatable bonds is 2. The van der Waals surface area contributed by atoms with E-state index in [2.05, 4.69) is 42.2 Å². The van der Waals surface area contributed by atoms with E-state index >= 15 is 0 Å². The standard InChI is InChI=1S/C11H14NO.CH3.Y/c1-8-5-10(3)11(6-9(8)2)7-12-13-4;;/h5-6H,1-4H3;1H3;/q2*-1;. The molecule has 2 nitrogen and oxygen atoms in total. The Bertz CT molecular complexity index is 335. The summed E-state index contributed by atoms with van der Waals surface area (Å²) in [5.74, 6) is 0. The number of aryl methyl sites for hydroxylation is 3. The fourth-order valence-corrected chi connectivity index (χ4v) is 1.18. The fourth-order valence-electron chi connectivity index (χ4n) is 1.18. The number of nitrogens with zero attached hydrogens (tertiary/aromatic N) is 1. The SMILES string of the molecule is CON=[C-]c1cc(C)c(C)cc1C.[CH3-].[Y]. The molecule has 0 heterocycles. The van der Waals surface area contributed by atoms with Crippen LogP contribution in [0.5, 0.6) is 0 Å². The average molecular weight is 280 g/mol. The molecule has 81 valence electrons. The summed E-state index contributed by atoms with van der Waals surface area (Å²) in [7, 11) is 1.52. The molecule has 0 saturated heterocycles. The van der Waals surface area contributed by atoms with Gasteiger partial charge in [-0.1, -0.05) is 19.4 Å². The van der Waals surface area contributed by atoms with Crippen molar-refractivity contribution in [3.05, 3.63) is 41.8 Å². The molecule has 0 saturated carbocycles. The molecule has 0 unspecified atom stereocenters. The summed E-state index contributed by atoms with van der Waals surface area (Å²) in [6, 6.07) is 4.19. The molecule has 0 bridgehead atoms. The van der Waals surface area contributed by atoms with Gasteiger partial charge in [0.2, 0.25) is 0 Å². The van der Waals surface area contributed by atoms with Crippen molar-refractivity contribution in [1.82, 2.24) is 0 Å². The van der Waals surface area contributed by atoms with E-state index in [0.717, 1.165) is 5.56 Å². The average Bonchev–Trinajstić information content (AvgIpc) is 2.09. The normalized spacial score (nSPS) is 9.33. The molecule has 1 rings (SSSR count). The van der Waals surface area contributed by atoms with E-state index in [1.54, 1.807) is 0 Å². The Kier molecular flexibility index (Phi) is 9.18. The van der Waals surface area contributed by atoms with Crippen LogP contribution in [0.2, 0.25) is 0 Å². The van der Waals surface area contributed by atoms with Gasteiger partial charge in [-0.2, -0.15) is 22.3 Å². The van der Waals surface area contributed by atoms with E-state index in [1.165, 1.54) is 23.8 Å². The third-order valence-electron chi connectivity index (χ3n) is 2.10. The maximum absolute atomic E-state index is 4.58. The zero-order valence-corrected chi connectivity index (χ0v) is 12.9. The predicted octanol–water partition coefficient (Wildman–Crippen LogP) is 2.92. The van der Waals surface area contributed by atoms with Crippen LogP contribution in [0, 0.1) is 28.2 Å². The quantitative estimate of drug-likeness (QED) is 0.464. The monoisotopic (exact) mass is 280 g/mol. The van der Waals surface area contributed by atoms with Gasteiger partial charge in [-0.15, -0.1) is 11.6 Å². The van der Waals surface area contributed by atoms with Gasteiger partial charge in [-0.3, -0.25) is 0 Å². The van der Waals surface area contributed by atoms with Crippen LogP contribution >= 0.6 is 0 Å². The van der Waals surface area contributed by atoms with Gasteiger partial charge in [0.1, 0.15) is 7.11 Å². The third-order valence-corrected chi connectivity index (χ3v) is 2.10. The molecule has 1 aromatic rings. The summed E-state index contributed by atoms with van der Waals surface area (Å²) in [5.41, 5.74) is 4.70. The zero-order valence-electron chi connectivity index (χ0n) is 10.1. The second kappa shape index (κ2) is 8.01. The van der Waals surface area contributed by atoms with Crippen molar-refractivity contribution in [2.45, 2.75) is 20.8 Å². The summed E-state index contributed by atoms with van der Waals surface area (Å²) in [6.45, 7) is 6.21. The van der Waals surface area contributed by atoms with Crippen LogP contribution < -0.4 is 0 Å². The Balaban J connectivity index is 0. The van der Waals surface area contributed by atoms with Gasteiger partial charge in [-0.25, -0.2) is 0 Å². The smallest absolute Gasteiger partial charge is 0.105 e. The Morgan fingerprint density at radius 1 is 1.07 bits per heavy atom.